The maximum Gasteiger partial charge on any atom is 0.248 e. The molecule has 4 aromatic rings. The molecular weight excluding hydrogens is 384 g/mol. The van der Waals surface area contributed by atoms with Crippen LogP contribution in [-0.4, -0.2) is 27.2 Å². The third-order valence-corrected chi connectivity index (χ3v) is 6.08. The number of benzene rings is 2. The van der Waals surface area contributed by atoms with Gasteiger partial charge in [0.05, 0.1) is 5.69 Å². The van der Waals surface area contributed by atoms with Gasteiger partial charge in [-0.05, 0) is 62.4 Å². The van der Waals surface area contributed by atoms with Crippen molar-refractivity contribution >= 4 is 22.6 Å². The van der Waals surface area contributed by atoms with Gasteiger partial charge in [0.1, 0.15) is 6.54 Å². The Morgan fingerprint density at radius 3 is 2.71 bits per heavy atom. The fraction of sp³-hybridized carbons (Fsp3) is 0.269. The molecule has 2 aromatic heterocycles. The summed E-state index contributed by atoms with van der Waals surface area (Å²) in [5.74, 6) is 0.0527. The quantitative estimate of drug-likeness (QED) is 0.477. The number of hydrogen-bond acceptors (Lipinski definition) is 3. The van der Waals surface area contributed by atoms with Gasteiger partial charge in [0.25, 0.3) is 0 Å². The number of hydrogen-bond donors (Lipinski definition) is 0. The van der Waals surface area contributed by atoms with E-state index in [1.165, 1.54) is 16.7 Å². The lowest BCUT2D eigenvalue weighted by Gasteiger charge is -2.29. The Morgan fingerprint density at radius 1 is 1.03 bits per heavy atom. The molecule has 0 N–H and O–H groups in total. The summed E-state index contributed by atoms with van der Waals surface area (Å²) < 4.78 is 1.76. The van der Waals surface area contributed by atoms with E-state index in [-0.39, 0.29) is 12.5 Å². The van der Waals surface area contributed by atoms with Crippen LogP contribution in [0.3, 0.4) is 0 Å². The lowest BCUT2D eigenvalue weighted by molar-refractivity contribution is -0.119. The summed E-state index contributed by atoms with van der Waals surface area (Å²) in [7, 11) is 0. The predicted octanol–water partition coefficient (Wildman–Crippen LogP) is 5.00. The van der Waals surface area contributed by atoms with Crippen molar-refractivity contribution in [1.82, 2.24) is 14.8 Å². The van der Waals surface area contributed by atoms with E-state index in [0.29, 0.717) is 0 Å². The number of rotatable bonds is 3. The molecule has 0 spiro atoms. The number of aromatic nitrogens is 3. The Kier molecular flexibility index (Phi) is 4.81. The van der Waals surface area contributed by atoms with E-state index in [0.717, 1.165) is 52.9 Å². The van der Waals surface area contributed by atoms with Crippen molar-refractivity contribution in [3.05, 3.63) is 77.1 Å². The molecular formula is C26H26N4O. The summed E-state index contributed by atoms with van der Waals surface area (Å²) >= 11 is 0. The summed E-state index contributed by atoms with van der Waals surface area (Å²) in [6, 6.07) is 16.8. The van der Waals surface area contributed by atoms with Crippen LogP contribution in [0.25, 0.3) is 22.2 Å². The van der Waals surface area contributed by atoms with Crippen LogP contribution in [0.4, 0.5) is 5.69 Å². The van der Waals surface area contributed by atoms with E-state index in [1.54, 1.807) is 10.9 Å². The van der Waals surface area contributed by atoms with Crippen molar-refractivity contribution in [2.75, 3.05) is 11.4 Å². The van der Waals surface area contributed by atoms with Gasteiger partial charge in [-0.15, -0.1) is 0 Å². The molecule has 1 amide bonds. The molecule has 1 aliphatic heterocycles. The first kappa shape index (κ1) is 19.5. The van der Waals surface area contributed by atoms with E-state index in [9.17, 15) is 4.79 Å². The molecule has 0 radical (unpaired) electrons. The van der Waals surface area contributed by atoms with Crippen LogP contribution in [0.1, 0.15) is 28.8 Å². The van der Waals surface area contributed by atoms with Crippen molar-refractivity contribution in [2.24, 2.45) is 0 Å². The fourth-order valence-corrected chi connectivity index (χ4v) is 4.64. The fourth-order valence-electron chi connectivity index (χ4n) is 4.64. The van der Waals surface area contributed by atoms with Gasteiger partial charge < -0.3 is 4.90 Å². The van der Waals surface area contributed by atoms with Crippen molar-refractivity contribution in [1.29, 1.82) is 0 Å². The number of carbonyl (C=O) groups excluding carboxylic acids is 1. The molecule has 0 unspecified atom stereocenters. The highest BCUT2D eigenvalue weighted by Crippen LogP contribution is 2.31. The van der Waals surface area contributed by atoms with E-state index >= 15 is 0 Å². The second-order valence-corrected chi connectivity index (χ2v) is 8.45. The molecule has 5 rings (SSSR count). The molecule has 3 heterocycles. The summed E-state index contributed by atoms with van der Waals surface area (Å²) in [5, 5.41) is 5.72. The molecule has 5 heteroatoms. The molecule has 0 aliphatic carbocycles. The molecule has 31 heavy (non-hydrogen) atoms. The summed E-state index contributed by atoms with van der Waals surface area (Å²) in [6.07, 6.45) is 3.81. The average molecular weight is 411 g/mol. The minimum atomic E-state index is 0.0527. The normalized spacial score (nSPS) is 13.5. The molecule has 0 atom stereocenters. The summed E-state index contributed by atoms with van der Waals surface area (Å²) in [5.41, 5.74) is 8.61. The van der Waals surface area contributed by atoms with E-state index in [4.69, 9.17) is 5.10 Å². The molecule has 0 saturated heterocycles. The minimum Gasteiger partial charge on any atom is -0.311 e. The number of anilines is 1. The van der Waals surface area contributed by atoms with E-state index in [2.05, 4.69) is 61.3 Å². The van der Waals surface area contributed by atoms with Crippen molar-refractivity contribution in [3.63, 3.8) is 0 Å². The smallest absolute Gasteiger partial charge is 0.248 e. The van der Waals surface area contributed by atoms with Gasteiger partial charge >= 0.3 is 0 Å². The lowest BCUT2D eigenvalue weighted by atomic mass is 9.99. The SMILES string of the molecule is Cc1cccc(-c2ccnc3c2c(C)nn3CC(=O)N2CCCc3cc(C)ccc32)c1. The summed E-state index contributed by atoms with van der Waals surface area (Å²) in [6.45, 7) is 7.10. The molecule has 0 fully saturated rings. The van der Waals surface area contributed by atoms with Crippen molar-refractivity contribution in [3.8, 4) is 11.1 Å². The Morgan fingerprint density at radius 2 is 1.87 bits per heavy atom. The van der Waals surface area contributed by atoms with Gasteiger partial charge in [-0.2, -0.15) is 5.10 Å². The standard InChI is InChI=1S/C26H26N4O/c1-17-6-4-7-20(14-17)22-11-12-27-26-25(22)19(3)28-30(26)16-24(31)29-13-5-8-21-15-18(2)9-10-23(21)29/h4,6-7,9-12,14-15H,5,8,13,16H2,1-3H3. The van der Waals surface area contributed by atoms with Gasteiger partial charge in [0, 0.05) is 23.8 Å². The Hall–Kier alpha value is -3.47. The first-order valence-corrected chi connectivity index (χ1v) is 10.8. The highest BCUT2D eigenvalue weighted by atomic mass is 16.2. The number of nitrogens with zero attached hydrogens (tertiary/aromatic N) is 4. The van der Waals surface area contributed by atoms with Gasteiger partial charge in [-0.3, -0.25) is 4.79 Å². The highest BCUT2D eigenvalue weighted by Gasteiger charge is 2.24. The van der Waals surface area contributed by atoms with Crippen LogP contribution in [0.15, 0.2) is 54.7 Å². The van der Waals surface area contributed by atoms with Crippen LogP contribution in [0.5, 0.6) is 0 Å². The van der Waals surface area contributed by atoms with Gasteiger partial charge in [0.2, 0.25) is 5.91 Å². The number of amides is 1. The van der Waals surface area contributed by atoms with Crippen molar-refractivity contribution < 1.29 is 4.79 Å². The lowest BCUT2D eigenvalue weighted by Crippen LogP contribution is -2.38. The van der Waals surface area contributed by atoms with Gasteiger partial charge in [-0.25, -0.2) is 9.67 Å². The maximum absolute atomic E-state index is 13.3. The number of carbonyl (C=O) groups is 1. The Labute approximate surface area is 182 Å². The zero-order valence-electron chi connectivity index (χ0n) is 18.2. The second kappa shape index (κ2) is 7.65. The average Bonchev–Trinajstić information content (AvgIpc) is 3.08. The third-order valence-electron chi connectivity index (χ3n) is 6.08. The minimum absolute atomic E-state index is 0.0527. The molecule has 5 nitrogen and oxygen atoms in total. The Balaban J connectivity index is 1.51. The van der Waals surface area contributed by atoms with Crippen LogP contribution >= 0.6 is 0 Å². The van der Waals surface area contributed by atoms with Crippen molar-refractivity contribution in [2.45, 2.75) is 40.2 Å². The number of pyridine rings is 1. The van der Waals surface area contributed by atoms with Crippen LogP contribution in [0.2, 0.25) is 0 Å². The van der Waals surface area contributed by atoms with E-state index in [1.807, 2.05) is 17.9 Å². The monoisotopic (exact) mass is 410 g/mol. The largest absolute Gasteiger partial charge is 0.311 e. The van der Waals surface area contributed by atoms with Crippen LogP contribution in [-0.2, 0) is 17.8 Å². The second-order valence-electron chi connectivity index (χ2n) is 8.45. The predicted molar refractivity (Wildman–Crippen MR) is 124 cm³/mol. The molecule has 156 valence electrons. The summed E-state index contributed by atoms with van der Waals surface area (Å²) in [4.78, 5) is 19.8. The number of aryl methyl sites for hydroxylation is 4. The topological polar surface area (TPSA) is 51.0 Å². The van der Waals surface area contributed by atoms with Crippen LogP contribution in [0, 0.1) is 20.8 Å². The molecule has 0 saturated carbocycles. The molecule has 1 aliphatic rings. The molecule has 2 aromatic carbocycles. The zero-order valence-corrected chi connectivity index (χ0v) is 18.2. The zero-order chi connectivity index (χ0) is 21.5. The highest BCUT2D eigenvalue weighted by molar-refractivity contribution is 5.97. The first-order chi connectivity index (χ1) is 15.0. The molecule has 0 bridgehead atoms. The maximum atomic E-state index is 13.3. The van der Waals surface area contributed by atoms with Gasteiger partial charge in [-0.1, -0.05) is 47.5 Å². The Bertz CT molecular complexity index is 1300. The van der Waals surface area contributed by atoms with Crippen LogP contribution < -0.4 is 4.90 Å². The third kappa shape index (κ3) is 3.50. The van der Waals surface area contributed by atoms with E-state index < -0.39 is 0 Å². The first-order valence-electron chi connectivity index (χ1n) is 10.8. The van der Waals surface area contributed by atoms with Gasteiger partial charge in [0.15, 0.2) is 5.65 Å². The number of fused-ring (bicyclic) bond motifs is 2.